The summed E-state index contributed by atoms with van der Waals surface area (Å²) in [7, 11) is 0. The number of piperazine rings is 1. The van der Waals surface area contributed by atoms with Crippen LogP contribution in [0.5, 0.6) is 0 Å². The fourth-order valence-electron chi connectivity index (χ4n) is 2.53. The lowest BCUT2D eigenvalue weighted by Crippen LogP contribution is -2.52. The third kappa shape index (κ3) is 3.74. The maximum Gasteiger partial charge on any atom is 0.320 e. The summed E-state index contributed by atoms with van der Waals surface area (Å²) in [6.45, 7) is 8.60. The summed E-state index contributed by atoms with van der Waals surface area (Å²) >= 11 is 12.0. The van der Waals surface area contributed by atoms with Crippen molar-refractivity contribution in [1.82, 2.24) is 9.80 Å². The molecule has 0 saturated carbocycles. The number of rotatable bonds is 3. The molecule has 1 aromatic rings. The summed E-state index contributed by atoms with van der Waals surface area (Å²) in [6.07, 6.45) is 0. The summed E-state index contributed by atoms with van der Waals surface area (Å²) < 4.78 is 0. The lowest BCUT2D eigenvalue weighted by molar-refractivity contribution is 0.154. The van der Waals surface area contributed by atoms with Gasteiger partial charge in [-0.1, -0.05) is 23.2 Å². The molecule has 116 valence electrons. The minimum Gasteiger partial charge on any atom is -0.368 e. The van der Waals surface area contributed by atoms with E-state index in [1.54, 1.807) is 0 Å². The molecule has 1 aromatic carbocycles. The number of amides is 2. The Morgan fingerprint density at radius 1 is 1.10 bits per heavy atom. The van der Waals surface area contributed by atoms with Gasteiger partial charge in [0.05, 0.1) is 10.0 Å². The normalized spacial score (nSPS) is 15.2. The van der Waals surface area contributed by atoms with Crippen molar-refractivity contribution in [2.24, 2.45) is 0 Å². The Hall–Kier alpha value is -1.13. The van der Waals surface area contributed by atoms with Gasteiger partial charge in [-0.15, -0.1) is 0 Å². The first kappa shape index (κ1) is 16.2. The van der Waals surface area contributed by atoms with E-state index in [4.69, 9.17) is 23.2 Å². The van der Waals surface area contributed by atoms with Gasteiger partial charge in [-0.05, 0) is 32.0 Å². The molecule has 1 aliphatic heterocycles. The monoisotopic (exact) mass is 329 g/mol. The molecule has 0 bridgehead atoms. The molecule has 1 fully saturated rings. The van der Waals surface area contributed by atoms with Gasteiger partial charge in [0.15, 0.2) is 0 Å². The molecule has 0 N–H and O–H groups in total. The third-order valence-electron chi connectivity index (χ3n) is 3.85. The highest BCUT2D eigenvalue weighted by Crippen LogP contribution is 2.27. The molecule has 2 rings (SSSR count). The van der Waals surface area contributed by atoms with Crippen LogP contribution in [0.2, 0.25) is 10.0 Å². The van der Waals surface area contributed by atoms with Crippen molar-refractivity contribution in [2.45, 2.75) is 13.8 Å². The fraction of sp³-hybridized carbons (Fsp3) is 0.533. The summed E-state index contributed by atoms with van der Waals surface area (Å²) in [5.74, 6) is 0. The number of anilines is 1. The molecule has 0 aromatic heterocycles. The van der Waals surface area contributed by atoms with Gasteiger partial charge in [-0.2, -0.15) is 0 Å². The molecular formula is C15H21Cl2N3O. The van der Waals surface area contributed by atoms with Crippen molar-refractivity contribution in [3.8, 4) is 0 Å². The van der Waals surface area contributed by atoms with Crippen LogP contribution in [0.15, 0.2) is 18.2 Å². The number of carbonyl (C=O) groups excluding carboxylic acids is 1. The number of hydrogen-bond donors (Lipinski definition) is 0. The summed E-state index contributed by atoms with van der Waals surface area (Å²) in [6, 6.07) is 5.79. The van der Waals surface area contributed by atoms with Crippen LogP contribution in [-0.2, 0) is 0 Å². The minimum absolute atomic E-state index is 0.133. The van der Waals surface area contributed by atoms with E-state index in [1.165, 1.54) is 0 Å². The topological polar surface area (TPSA) is 26.8 Å². The number of hydrogen-bond acceptors (Lipinski definition) is 2. The van der Waals surface area contributed by atoms with Gasteiger partial charge in [0, 0.05) is 45.0 Å². The Labute approximate surface area is 136 Å². The van der Waals surface area contributed by atoms with Crippen molar-refractivity contribution in [1.29, 1.82) is 0 Å². The van der Waals surface area contributed by atoms with E-state index >= 15 is 0 Å². The number of urea groups is 1. The zero-order valence-corrected chi connectivity index (χ0v) is 14.0. The van der Waals surface area contributed by atoms with E-state index in [0.29, 0.717) is 10.0 Å². The van der Waals surface area contributed by atoms with Crippen LogP contribution in [0.3, 0.4) is 0 Å². The van der Waals surface area contributed by atoms with Crippen LogP contribution in [-0.4, -0.2) is 55.1 Å². The van der Waals surface area contributed by atoms with Crippen molar-refractivity contribution in [3.05, 3.63) is 28.2 Å². The van der Waals surface area contributed by atoms with E-state index in [2.05, 4.69) is 4.90 Å². The number of nitrogens with zero attached hydrogens (tertiary/aromatic N) is 3. The Kier molecular flexibility index (Phi) is 5.59. The van der Waals surface area contributed by atoms with Gasteiger partial charge in [0.1, 0.15) is 0 Å². The largest absolute Gasteiger partial charge is 0.368 e. The second-order valence-corrected chi connectivity index (χ2v) is 5.84. The first-order chi connectivity index (χ1) is 10.1. The van der Waals surface area contributed by atoms with Gasteiger partial charge in [-0.25, -0.2) is 4.79 Å². The molecule has 0 unspecified atom stereocenters. The highest BCUT2D eigenvalue weighted by atomic mass is 35.5. The second kappa shape index (κ2) is 7.23. The third-order valence-corrected chi connectivity index (χ3v) is 4.59. The standard InChI is InChI=1S/C15H21Cl2N3O/c1-3-18(4-2)15(21)20-9-7-19(8-10-20)12-5-6-13(16)14(17)11-12/h5-6,11H,3-4,7-10H2,1-2H3. The Bertz CT molecular complexity index is 498. The van der Waals surface area contributed by atoms with Crippen LogP contribution < -0.4 is 4.90 Å². The predicted molar refractivity (Wildman–Crippen MR) is 88.6 cm³/mol. The minimum atomic E-state index is 0.133. The van der Waals surface area contributed by atoms with Crippen LogP contribution >= 0.6 is 23.2 Å². The molecule has 4 nitrogen and oxygen atoms in total. The molecule has 0 radical (unpaired) electrons. The first-order valence-corrected chi connectivity index (χ1v) is 8.06. The quantitative estimate of drug-likeness (QED) is 0.847. The smallest absolute Gasteiger partial charge is 0.320 e. The highest BCUT2D eigenvalue weighted by molar-refractivity contribution is 6.42. The first-order valence-electron chi connectivity index (χ1n) is 7.30. The predicted octanol–water partition coefficient (Wildman–Crippen LogP) is 3.58. The van der Waals surface area contributed by atoms with Crippen molar-refractivity contribution in [3.63, 3.8) is 0 Å². The van der Waals surface area contributed by atoms with E-state index < -0.39 is 0 Å². The second-order valence-electron chi connectivity index (χ2n) is 5.03. The zero-order chi connectivity index (χ0) is 15.4. The fourth-order valence-corrected chi connectivity index (χ4v) is 2.82. The molecule has 0 atom stereocenters. The van der Waals surface area contributed by atoms with Crippen LogP contribution in [0.1, 0.15) is 13.8 Å². The van der Waals surface area contributed by atoms with Gasteiger partial charge in [0.25, 0.3) is 0 Å². The molecule has 0 spiro atoms. The molecular weight excluding hydrogens is 309 g/mol. The number of benzene rings is 1. The molecule has 21 heavy (non-hydrogen) atoms. The van der Waals surface area contributed by atoms with Crippen LogP contribution in [0, 0.1) is 0 Å². The van der Waals surface area contributed by atoms with Gasteiger partial charge in [-0.3, -0.25) is 0 Å². The van der Waals surface area contributed by atoms with Crippen molar-refractivity contribution < 1.29 is 4.79 Å². The Balaban J connectivity index is 1.96. The SMILES string of the molecule is CCN(CC)C(=O)N1CCN(c2ccc(Cl)c(Cl)c2)CC1. The van der Waals surface area contributed by atoms with Crippen LogP contribution in [0.25, 0.3) is 0 Å². The summed E-state index contributed by atoms with van der Waals surface area (Å²) in [5.41, 5.74) is 1.05. The zero-order valence-electron chi connectivity index (χ0n) is 12.5. The van der Waals surface area contributed by atoms with Gasteiger partial charge >= 0.3 is 6.03 Å². The molecule has 0 aliphatic carbocycles. The lowest BCUT2D eigenvalue weighted by atomic mass is 10.2. The average Bonchev–Trinajstić information content (AvgIpc) is 2.51. The van der Waals surface area contributed by atoms with Crippen molar-refractivity contribution >= 4 is 34.9 Å². The Morgan fingerprint density at radius 3 is 2.24 bits per heavy atom. The summed E-state index contributed by atoms with van der Waals surface area (Å²) in [5, 5.41) is 1.13. The lowest BCUT2D eigenvalue weighted by Gasteiger charge is -2.38. The molecule has 1 aliphatic rings. The molecule has 1 heterocycles. The molecule has 6 heteroatoms. The van der Waals surface area contributed by atoms with E-state index in [9.17, 15) is 4.79 Å². The summed E-state index contributed by atoms with van der Waals surface area (Å²) in [4.78, 5) is 18.3. The number of carbonyl (C=O) groups is 1. The van der Waals surface area contributed by atoms with E-state index in [-0.39, 0.29) is 6.03 Å². The van der Waals surface area contributed by atoms with Crippen molar-refractivity contribution in [2.75, 3.05) is 44.2 Å². The Morgan fingerprint density at radius 2 is 1.71 bits per heavy atom. The van der Waals surface area contributed by atoms with Crippen LogP contribution in [0.4, 0.5) is 10.5 Å². The van der Waals surface area contributed by atoms with E-state index in [0.717, 1.165) is 45.0 Å². The molecule has 1 saturated heterocycles. The van der Waals surface area contributed by atoms with E-state index in [1.807, 2.05) is 41.8 Å². The maximum absolute atomic E-state index is 12.3. The number of halogens is 2. The van der Waals surface area contributed by atoms with Gasteiger partial charge < -0.3 is 14.7 Å². The molecule has 2 amide bonds. The maximum atomic E-state index is 12.3. The highest BCUT2D eigenvalue weighted by Gasteiger charge is 2.24. The average molecular weight is 330 g/mol. The van der Waals surface area contributed by atoms with Gasteiger partial charge in [0.2, 0.25) is 0 Å².